The third kappa shape index (κ3) is 3.75. The quantitative estimate of drug-likeness (QED) is 0.759. The number of hydrogen-bond donors (Lipinski definition) is 1. The summed E-state index contributed by atoms with van der Waals surface area (Å²) in [5.41, 5.74) is 1.82. The standard InChI is InChI=1S/C21H25ClN4O3S/c1-2-10-26-21(27)25(15-16-6-4-3-5-7-16)19-14-17(22)13-18(20(19)30(26,28)29)24-11-8-23-9-12-24/h3-7,13-14,23H,2,8-12,15H2,1H3. The van der Waals surface area contributed by atoms with Crippen molar-refractivity contribution >= 4 is 39.0 Å². The van der Waals surface area contributed by atoms with Crippen LogP contribution in [0.3, 0.4) is 0 Å². The van der Waals surface area contributed by atoms with Gasteiger partial charge < -0.3 is 10.2 Å². The van der Waals surface area contributed by atoms with Crippen molar-refractivity contribution in [1.29, 1.82) is 0 Å². The van der Waals surface area contributed by atoms with Crippen molar-refractivity contribution < 1.29 is 13.2 Å². The number of fused-ring (bicyclic) bond motifs is 1. The van der Waals surface area contributed by atoms with E-state index in [2.05, 4.69) is 5.32 Å². The lowest BCUT2D eigenvalue weighted by Crippen LogP contribution is -2.51. The van der Waals surface area contributed by atoms with Crippen molar-refractivity contribution in [3.63, 3.8) is 0 Å². The molecule has 1 saturated heterocycles. The lowest BCUT2D eigenvalue weighted by Gasteiger charge is -2.39. The van der Waals surface area contributed by atoms with Crippen LogP contribution in [0.1, 0.15) is 18.9 Å². The number of anilines is 2. The molecule has 0 bridgehead atoms. The number of benzene rings is 2. The molecule has 160 valence electrons. The maximum atomic E-state index is 13.6. The molecule has 2 aromatic carbocycles. The van der Waals surface area contributed by atoms with Gasteiger partial charge in [-0.1, -0.05) is 48.9 Å². The van der Waals surface area contributed by atoms with Gasteiger partial charge in [0.2, 0.25) is 0 Å². The van der Waals surface area contributed by atoms with Gasteiger partial charge in [0, 0.05) is 37.7 Å². The molecule has 2 amide bonds. The molecule has 2 aliphatic heterocycles. The van der Waals surface area contributed by atoms with Crippen LogP contribution in [0.4, 0.5) is 16.2 Å². The fourth-order valence-electron chi connectivity index (χ4n) is 3.96. The SMILES string of the molecule is CCCN1C(=O)N(Cc2ccccc2)c2cc(Cl)cc(N3CCNCC3)c2S1(=O)=O. The lowest BCUT2D eigenvalue weighted by molar-refractivity contribution is 0.227. The molecule has 2 aliphatic rings. The third-order valence-corrected chi connectivity index (χ3v) is 7.44. The van der Waals surface area contributed by atoms with Gasteiger partial charge in [-0.25, -0.2) is 17.5 Å². The number of halogens is 1. The molecule has 1 fully saturated rings. The Balaban J connectivity index is 1.90. The highest BCUT2D eigenvalue weighted by Gasteiger charge is 2.43. The Kier molecular flexibility index (Phi) is 5.90. The van der Waals surface area contributed by atoms with Crippen molar-refractivity contribution in [2.24, 2.45) is 0 Å². The van der Waals surface area contributed by atoms with Crippen molar-refractivity contribution in [3.8, 4) is 0 Å². The van der Waals surface area contributed by atoms with Crippen LogP contribution < -0.4 is 15.1 Å². The van der Waals surface area contributed by atoms with Crippen LogP contribution in [0.15, 0.2) is 47.4 Å². The van der Waals surface area contributed by atoms with E-state index in [1.807, 2.05) is 42.2 Å². The Hall–Kier alpha value is -2.29. The van der Waals surface area contributed by atoms with Crippen molar-refractivity contribution in [1.82, 2.24) is 9.62 Å². The summed E-state index contributed by atoms with van der Waals surface area (Å²) in [7, 11) is -3.99. The van der Waals surface area contributed by atoms with Gasteiger partial charge in [-0.15, -0.1) is 0 Å². The summed E-state index contributed by atoms with van der Waals surface area (Å²) in [5.74, 6) is 0. The molecular weight excluding hydrogens is 424 g/mol. The third-order valence-electron chi connectivity index (χ3n) is 5.37. The number of urea groups is 1. The maximum Gasteiger partial charge on any atom is 0.338 e. The highest BCUT2D eigenvalue weighted by molar-refractivity contribution is 7.90. The predicted octanol–water partition coefficient (Wildman–Crippen LogP) is 3.29. The molecule has 30 heavy (non-hydrogen) atoms. The van der Waals surface area contributed by atoms with E-state index in [0.29, 0.717) is 35.9 Å². The van der Waals surface area contributed by atoms with Crippen molar-refractivity contribution in [3.05, 3.63) is 53.1 Å². The van der Waals surface area contributed by atoms with Crippen LogP contribution in [-0.2, 0) is 16.6 Å². The number of nitrogens with zero attached hydrogens (tertiary/aromatic N) is 3. The average Bonchev–Trinajstić information content (AvgIpc) is 2.75. The molecule has 7 nitrogen and oxygen atoms in total. The van der Waals surface area contributed by atoms with Gasteiger partial charge >= 0.3 is 6.03 Å². The molecule has 9 heteroatoms. The second kappa shape index (κ2) is 8.45. The van der Waals surface area contributed by atoms with Crippen LogP contribution in [-0.4, -0.2) is 51.5 Å². The Morgan fingerprint density at radius 1 is 1.07 bits per heavy atom. The van der Waals surface area contributed by atoms with Gasteiger partial charge in [0.05, 0.1) is 17.9 Å². The number of rotatable bonds is 5. The summed E-state index contributed by atoms with van der Waals surface area (Å²) in [4.78, 5) is 17.0. The number of nitrogens with one attached hydrogen (secondary N) is 1. The number of piperazine rings is 1. The highest BCUT2D eigenvalue weighted by atomic mass is 35.5. The van der Waals surface area contributed by atoms with E-state index in [9.17, 15) is 13.2 Å². The fourth-order valence-corrected chi connectivity index (χ4v) is 6.00. The molecule has 0 atom stereocenters. The molecule has 0 radical (unpaired) electrons. The molecule has 2 aromatic rings. The molecule has 4 rings (SSSR count). The first kappa shape index (κ1) is 21.0. The Labute approximate surface area is 182 Å². The number of sulfonamides is 1. The van der Waals surface area contributed by atoms with E-state index < -0.39 is 16.1 Å². The normalized spacial score (nSPS) is 18.5. The first-order chi connectivity index (χ1) is 14.4. The van der Waals surface area contributed by atoms with Crippen molar-refractivity contribution in [2.75, 3.05) is 42.5 Å². The number of hydrogen-bond acceptors (Lipinski definition) is 5. The largest absolute Gasteiger partial charge is 0.368 e. The maximum absolute atomic E-state index is 13.6. The van der Waals surface area contributed by atoms with Crippen LogP contribution >= 0.6 is 11.6 Å². The van der Waals surface area contributed by atoms with Crippen LogP contribution in [0.25, 0.3) is 0 Å². The first-order valence-corrected chi connectivity index (χ1v) is 11.9. The summed E-state index contributed by atoms with van der Waals surface area (Å²) >= 11 is 6.42. The molecule has 0 saturated carbocycles. The number of amides is 2. The van der Waals surface area contributed by atoms with E-state index in [0.717, 1.165) is 23.0 Å². The van der Waals surface area contributed by atoms with E-state index in [1.165, 1.54) is 4.90 Å². The Morgan fingerprint density at radius 3 is 2.40 bits per heavy atom. The van der Waals surface area contributed by atoms with E-state index in [4.69, 9.17) is 11.6 Å². The Bertz CT molecular complexity index is 1040. The summed E-state index contributed by atoms with van der Waals surface area (Å²) in [6.45, 7) is 5.11. The monoisotopic (exact) mass is 448 g/mol. The zero-order valence-electron chi connectivity index (χ0n) is 16.8. The van der Waals surface area contributed by atoms with Gasteiger partial charge in [-0.05, 0) is 24.1 Å². The summed E-state index contributed by atoms with van der Waals surface area (Å²) in [6.07, 6.45) is 0.538. The Morgan fingerprint density at radius 2 is 1.73 bits per heavy atom. The van der Waals surface area contributed by atoms with Crippen molar-refractivity contribution in [2.45, 2.75) is 24.8 Å². The van der Waals surface area contributed by atoms with Gasteiger partial charge in [-0.2, -0.15) is 0 Å². The van der Waals surface area contributed by atoms with Gasteiger partial charge in [0.1, 0.15) is 4.90 Å². The number of carbonyl (C=O) groups excluding carboxylic acids is 1. The minimum atomic E-state index is -3.99. The molecule has 2 heterocycles. The van der Waals surface area contributed by atoms with Gasteiger partial charge in [0.25, 0.3) is 10.0 Å². The second-order valence-corrected chi connectivity index (χ2v) is 9.68. The summed E-state index contributed by atoms with van der Waals surface area (Å²) < 4.78 is 28.1. The number of carbonyl (C=O) groups is 1. The van der Waals surface area contributed by atoms with Gasteiger partial charge in [-0.3, -0.25) is 4.90 Å². The smallest absolute Gasteiger partial charge is 0.338 e. The van der Waals surface area contributed by atoms with Crippen LogP contribution in [0.5, 0.6) is 0 Å². The fraction of sp³-hybridized carbons (Fsp3) is 0.381. The molecule has 0 unspecified atom stereocenters. The van der Waals surface area contributed by atoms with Gasteiger partial charge in [0.15, 0.2) is 0 Å². The molecule has 0 aromatic heterocycles. The first-order valence-electron chi connectivity index (χ1n) is 10.1. The summed E-state index contributed by atoms with van der Waals surface area (Å²) in [5, 5.41) is 3.69. The minimum absolute atomic E-state index is 0.134. The van der Waals surface area contributed by atoms with E-state index in [1.54, 1.807) is 12.1 Å². The molecule has 1 N–H and O–H groups in total. The predicted molar refractivity (Wildman–Crippen MR) is 119 cm³/mol. The molecule has 0 aliphatic carbocycles. The summed E-state index contributed by atoms with van der Waals surface area (Å²) in [6, 6.07) is 12.3. The molecular formula is C21H25ClN4O3S. The van der Waals surface area contributed by atoms with Crippen LogP contribution in [0.2, 0.25) is 5.02 Å². The average molecular weight is 449 g/mol. The minimum Gasteiger partial charge on any atom is -0.368 e. The molecule has 0 spiro atoms. The highest BCUT2D eigenvalue weighted by Crippen LogP contribution is 2.43. The topological polar surface area (TPSA) is 73.0 Å². The zero-order chi connectivity index (χ0) is 21.3. The zero-order valence-corrected chi connectivity index (χ0v) is 18.4. The van der Waals surface area contributed by atoms with Crippen LogP contribution in [0, 0.1) is 0 Å². The van der Waals surface area contributed by atoms with E-state index in [-0.39, 0.29) is 18.0 Å². The second-order valence-electron chi connectivity index (χ2n) is 7.44. The lowest BCUT2D eigenvalue weighted by atomic mass is 10.1. The van der Waals surface area contributed by atoms with E-state index >= 15 is 0 Å².